The van der Waals surface area contributed by atoms with Crippen LogP contribution in [-0.2, 0) is 9.59 Å². The van der Waals surface area contributed by atoms with Crippen LogP contribution in [0.3, 0.4) is 0 Å². The highest BCUT2D eigenvalue weighted by atomic mass is 19.2. The van der Waals surface area contributed by atoms with E-state index in [1.165, 1.54) is 0 Å². The average molecular weight is 390 g/mol. The molecule has 0 unspecified atom stereocenters. The number of hydrogen-bond donors (Lipinski definition) is 2. The Bertz CT molecular complexity index is 953. The van der Waals surface area contributed by atoms with E-state index in [1.807, 2.05) is 39.0 Å². The summed E-state index contributed by atoms with van der Waals surface area (Å²) in [5.41, 5.74) is 0.606. The number of aryl methyl sites for hydroxylation is 1. The second-order valence-electron chi connectivity index (χ2n) is 7.41. The van der Waals surface area contributed by atoms with Crippen LogP contribution in [0.4, 0.5) is 24.5 Å². The minimum absolute atomic E-state index is 0.162. The van der Waals surface area contributed by atoms with E-state index >= 15 is 0 Å². The number of halogens is 3. The fraction of sp³-hybridized carbons (Fsp3) is 0.333. The monoisotopic (exact) mass is 390 g/mol. The number of carbonyl (C=O) groups is 2. The fourth-order valence-electron chi connectivity index (χ4n) is 3.12. The molecule has 0 saturated heterocycles. The summed E-state index contributed by atoms with van der Waals surface area (Å²) in [6, 6.07) is 7.31. The standard InChI is InChI=1S/C21H21F3N2O2/c1-11(2)13-6-4-5-12(3)18(13)26-20(28)21(9-10-21)19(27)25-15-8-7-14(22)16(23)17(15)24/h4-8,11H,9-10H2,1-3H3,(H,25,27)(H,26,28). The smallest absolute Gasteiger partial charge is 0.240 e. The zero-order valence-corrected chi connectivity index (χ0v) is 15.8. The molecular formula is C21H21F3N2O2. The third-order valence-corrected chi connectivity index (χ3v) is 5.07. The van der Waals surface area contributed by atoms with Gasteiger partial charge in [0.25, 0.3) is 0 Å². The maximum absolute atomic E-state index is 13.8. The Kier molecular flexibility index (Phi) is 5.19. The van der Waals surface area contributed by atoms with Gasteiger partial charge in [0.2, 0.25) is 11.8 Å². The molecule has 0 spiro atoms. The zero-order chi connectivity index (χ0) is 20.6. The number of nitrogens with one attached hydrogen (secondary N) is 2. The number of carbonyl (C=O) groups excluding carboxylic acids is 2. The van der Waals surface area contributed by atoms with Gasteiger partial charge in [0, 0.05) is 5.69 Å². The van der Waals surface area contributed by atoms with E-state index in [0.717, 1.165) is 23.3 Å². The molecule has 1 fully saturated rings. The van der Waals surface area contributed by atoms with Gasteiger partial charge in [-0.1, -0.05) is 32.0 Å². The van der Waals surface area contributed by atoms with Crippen molar-refractivity contribution in [3.63, 3.8) is 0 Å². The number of anilines is 2. The molecule has 2 aromatic rings. The zero-order valence-electron chi connectivity index (χ0n) is 15.8. The molecule has 0 aromatic heterocycles. The Morgan fingerprint density at radius 3 is 2.21 bits per heavy atom. The van der Waals surface area contributed by atoms with Crippen molar-refractivity contribution in [3.05, 3.63) is 58.9 Å². The first-order valence-electron chi connectivity index (χ1n) is 9.03. The lowest BCUT2D eigenvalue weighted by Crippen LogP contribution is -2.36. The van der Waals surface area contributed by atoms with Crippen molar-refractivity contribution in [2.24, 2.45) is 5.41 Å². The van der Waals surface area contributed by atoms with Gasteiger partial charge in [-0.25, -0.2) is 13.2 Å². The third kappa shape index (κ3) is 3.48. The molecule has 2 aromatic carbocycles. The number of hydrogen-bond acceptors (Lipinski definition) is 2. The van der Waals surface area contributed by atoms with Crippen LogP contribution in [0.15, 0.2) is 30.3 Å². The van der Waals surface area contributed by atoms with Crippen molar-refractivity contribution in [1.29, 1.82) is 0 Å². The molecule has 2 amide bonds. The number of rotatable bonds is 5. The molecule has 0 bridgehead atoms. The first-order chi connectivity index (χ1) is 13.2. The molecule has 0 heterocycles. The predicted molar refractivity (Wildman–Crippen MR) is 101 cm³/mol. The molecule has 2 N–H and O–H groups in total. The van der Waals surface area contributed by atoms with E-state index in [2.05, 4.69) is 10.6 Å². The van der Waals surface area contributed by atoms with Crippen LogP contribution in [0.25, 0.3) is 0 Å². The average Bonchev–Trinajstić information content (AvgIpc) is 3.45. The lowest BCUT2D eigenvalue weighted by Gasteiger charge is -2.20. The minimum Gasteiger partial charge on any atom is -0.325 e. The second-order valence-corrected chi connectivity index (χ2v) is 7.41. The van der Waals surface area contributed by atoms with Crippen molar-refractivity contribution in [2.75, 3.05) is 10.6 Å². The van der Waals surface area contributed by atoms with Crippen LogP contribution in [0.1, 0.15) is 43.7 Å². The lowest BCUT2D eigenvalue weighted by atomic mass is 9.97. The van der Waals surface area contributed by atoms with Gasteiger partial charge in [0.05, 0.1) is 5.69 Å². The second kappa shape index (κ2) is 7.30. The van der Waals surface area contributed by atoms with Gasteiger partial charge in [0.1, 0.15) is 5.41 Å². The minimum atomic E-state index is -1.67. The van der Waals surface area contributed by atoms with E-state index < -0.39 is 40.4 Å². The highest BCUT2D eigenvalue weighted by molar-refractivity contribution is 6.17. The Morgan fingerprint density at radius 2 is 1.61 bits per heavy atom. The Balaban J connectivity index is 1.82. The predicted octanol–water partition coefficient (Wildman–Crippen LogP) is 4.89. The van der Waals surface area contributed by atoms with Gasteiger partial charge in [-0.05, 0) is 48.9 Å². The van der Waals surface area contributed by atoms with Crippen molar-refractivity contribution < 1.29 is 22.8 Å². The van der Waals surface area contributed by atoms with Crippen LogP contribution in [0.2, 0.25) is 0 Å². The third-order valence-electron chi connectivity index (χ3n) is 5.07. The van der Waals surface area contributed by atoms with Gasteiger partial charge in [0.15, 0.2) is 17.5 Å². The van der Waals surface area contributed by atoms with E-state index in [4.69, 9.17) is 0 Å². The number of amides is 2. The summed E-state index contributed by atoms with van der Waals surface area (Å²) in [4.78, 5) is 25.5. The number of benzene rings is 2. The summed E-state index contributed by atoms with van der Waals surface area (Å²) < 4.78 is 40.3. The van der Waals surface area contributed by atoms with Crippen molar-refractivity contribution in [1.82, 2.24) is 0 Å². The largest absolute Gasteiger partial charge is 0.325 e. The maximum atomic E-state index is 13.8. The van der Waals surface area contributed by atoms with Crippen LogP contribution in [-0.4, -0.2) is 11.8 Å². The highest BCUT2D eigenvalue weighted by Gasteiger charge is 2.56. The normalized spacial score (nSPS) is 14.7. The first-order valence-corrected chi connectivity index (χ1v) is 9.03. The summed E-state index contributed by atoms with van der Waals surface area (Å²) >= 11 is 0. The number of para-hydroxylation sites is 1. The summed E-state index contributed by atoms with van der Waals surface area (Å²) in [5, 5.41) is 5.06. The highest BCUT2D eigenvalue weighted by Crippen LogP contribution is 2.48. The molecule has 0 radical (unpaired) electrons. The quantitative estimate of drug-likeness (QED) is 0.564. The van der Waals surface area contributed by atoms with Crippen LogP contribution >= 0.6 is 0 Å². The van der Waals surface area contributed by atoms with Crippen LogP contribution < -0.4 is 10.6 Å². The van der Waals surface area contributed by atoms with Gasteiger partial charge in [-0.15, -0.1) is 0 Å². The van der Waals surface area contributed by atoms with Crippen LogP contribution in [0.5, 0.6) is 0 Å². The molecule has 1 saturated carbocycles. The first kappa shape index (κ1) is 19.9. The molecule has 0 atom stereocenters. The summed E-state index contributed by atoms with van der Waals surface area (Å²) in [5.74, 6) is -5.59. The Hall–Kier alpha value is -2.83. The molecule has 1 aliphatic rings. The van der Waals surface area contributed by atoms with Crippen LogP contribution in [0, 0.1) is 29.8 Å². The van der Waals surface area contributed by atoms with Gasteiger partial charge >= 0.3 is 0 Å². The summed E-state index contributed by atoms with van der Waals surface area (Å²) in [6.45, 7) is 5.85. The summed E-state index contributed by atoms with van der Waals surface area (Å²) in [6.07, 6.45) is 0.581. The van der Waals surface area contributed by atoms with Gasteiger partial charge in [-0.2, -0.15) is 0 Å². The molecule has 4 nitrogen and oxygen atoms in total. The molecule has 1 aliphatic carbocycles. The van der Waals surface area contributed by atoms with Gasteiger partial charge < -0.3 is 10.6 Å². The van der Waals surface area contributed by atoms with Crippen molar-refractivity contribution >= 4 is 23.2 Å². The lowest BCUT2D eigenvalue weighted by molar-refractivity contribution is -0.131. The molecule has 0 aliphatic heterocycles. The summed E-state index contributed by atoms with van der Waals surface area (Å²) in [7, 11) is 0. The Labute approximate surface area is 161 Å². The van der Waals surface area contributed by atoms with Crippen molar-refractivity contribution in [2.45, 2.75) is 39.5 Å². The molecular weight excluding hydrogens is 369 g/mol. The van der Waals surface area contributed by atoms with E-state index in [0.29, 0.717) is 18.5 Å². The van der Waals surface area contributed by atoms with Crippen molar-refractivity contribution in [3.8, 4) is 0 Å². The molecule has 7 heteroatoms. The Morgan fingerprint density at radius 1 is 0.964 bits per heavy atom. The van der Waals surface area contributed by atoms with E-state index in [1.54, 1.807) is 0 Å². The molecule has 28 heavy (non-hydrogen) atoms. The SMILES string of the molecule is Cc1cccc(C(C)C)c1NC(=O)C1(C(=O)Nc2ccc(F)c(F)c2F)CC1. The van der Waals surface area contributed by atoms with E-state index in [9.17, 15) is 22.8 Å². The maximum Gasteiger partial charge on any atom is 0.240 e. The topological polar surface area (TPSA) is 58.2 Å². The van der Waals surface area contributed by atoms with Gasteiger partial charge in [-0.3, -0.25) is 9.59 Å². The molecule has 3 rings (SSSR count). The fourth-order valence-corrected chi connectivity index (χ4v) is 3.12. The molecule has 148 valence electrons. The van der Waals surface area contributed by atoms with E-state index in [-0.39, 0.29) is 5.92 Å².